The number of carbonyl (C=O) groups excluding carboxylic acids is 1. The summed E-state index contributed by atoms with van der Waals surface area (Å²) < 4.78 is 43.4. The lowest BCUT2D eigenvalue weighted by atomic mass is 10.1. The molecule has 1 aliphatic heterocycles. The molecule has 2 rings (SSSR count). The Bertz CT molecular complexity index is 652. The number of halogens is 1. The Morgan fingerprint density at radius 3 is 2.73 bits per heavy atom. The van der Waals surface area contributed by atoms with Crippen molar-refractivity contribution in [3.05, 3.63) is 29.6 Å². The third-order valence-corrected chi connectivity index (χ3v) is 5.78. The highest BCUT2D eigenvalue weighted by molar-refractivity contribution is 7.92. The van der Waals surface area contributed by atoms with Crippen molar-refractivity contribution in [2.24, 2.45) is 0 Å². The molecule has 122 valence electrons. The van der Waals surface area contributed by atoms with E-state index in [1.165, 1.54) is 19.9 Å². The van der Waals surface area contributed by atoms with Crippen LogP contribution in [-0.4, -0.2) is 38.8 Å². The summed E-state index contributed by atoms with van der Waals surface area (Å²) in [5, 5.41) is 2.05. The van der Waals surface area contributed by atoms with E-state index in [0.717, 1.165) is 25.0 Å². The van der Waals surface area contributed by atoms with Crippen LogP contribution in [0.5, 0.6) is 0 Å². The van der Waals surface area contributed by atoms with Gasteiger partial charge in [0.1, 0.15) is 5.82 Å². The molecule has 1 saturated heterocycles. The van der Waals surface area contributed by atoms with Crippen LogP contribution in [0.2, 0.25) is 0 Å². The molecular weight excluding hydrogens is 309 g/mol. The van der Waals surface area contributed by atoms with Gasteiger partial charge in [-0.3, -0.25) is 4.79 Å². The molecule has 1 heterocycles. The van der Waals surface area contributed by atoms with Crippen LogP contribution in [-0.2, 0) is 14.6 Å². The molecule has 1 N–H and O–H groups in total. The van der Waals surface area contributed by atoms with Crippen molar-refractivity contribution in [1.82, 2.24) is 5.32 Å². The van der Waals surface area contributed by atoms with E-state index < -0.39 is 26.8 Å². The van der Waals surface area contributed by atoms with Crippen LogP contribution in [0.3, 0.4) is 0 Å². The number of ether oxygens (including phenoxy) is 1. The van der Waals surface area contributed by atoms with Gasteiger partial charge in [0.15, 0.2) is 9.84 Å². The highest BCUT2D eigenvalue weighted by Crippen LogP contribution is 2.20. The van der Waals surface area contributed by atoms with Crippen molar-refractivity contribution < 1.29 is 22.3 Å². The fraction of sp³-hybridized carbons (Fsp3) is 0.533. The first-order valence-electron chi connectivity index (χ1n) is 7.24. The lowest BCUT2D eigenvalue weighted by molar-refractivity contribution is 0.0622. The van der Waals surface area contributed by atoms with Gasteiger partial charge in [0, 0.05) is 6.61 Å². The summed E-state index contributed by atoms with van der Waals surface area (Å²) in [4.78, 5) is 12.1. The number of carbonyl (C=O) groups is 1. The molecular formula is C15H20FNO4S. The summed E-state index contributed by atoms with van der Waals surface area (Å²) in [5.41, 5.74) is -0.257. The maximum Gasteiger partial charge on any atom is 0.254 e. The Labute approximate surface area is 129 Å². The van der Waals surface area contributed by atoms with Crippen molar-refractivity contribution in [2.75, 3.05) is 13.2 Å². The van der Waals surface area contributed by atoms with Gasteiger partial charge in [-0.05, 0) is 44.9 Å². The number of sulfone groups is 1. The van der Waals surface area contributed by atoms with Crippen molar-refractivity contribution in [2.45, 2.75) is 42.9 Å². The Morgan fingerprint density at radius 1 is 1.41 bits per heavy atom. The lowest BCUT2D eigenvalue weighted by Gasteiger charge is -2.23. The van der Waals surface area contributed by atoms with E-state index >= 15 is 0 Å². The first kappa shape index (κ1) is 16.9. The number of benzene rings is 1. The molecule has 5 nitrogen and oxygen atoms in total. The van der Waals surface area contributed by atoms with Gasteiger partial charge >= 0.3 is 0 Å². The van der Waals surface area contributed by atoms with Gasteiger partial charge in [0.05, 0.1) is 28.4 Å². The van der Waals surface area contributed by atoms with E-state index in [2.05, 4.69) is 5.32 Å². The monoisotopic (exact) mass is 329 g/mol. The highest BCUT2D eigenvalue weighted by atomic mass is 32.2. The smallest absolute Gasteiger partial charge is 0.254 e. The summed E-state index contributed by atoms with van der Waals surface area (Å²) >= 11 is 0. The topological polar surface area (TPSA) is 72.5 Å². The Morgan fingerprint density at radius 2 is 2.14 bits per heavy atom. The molecule has 0 saturated carbocycles. The zero-order chi connectivity index (χ0) is 16.3. The Kier molecular flexibility index (Phi) is 5.18. The number of hydrogen-bond acceptors (Lipinski definition) is 4. The fourth-order valence-corrected chi connectivity index (χ4v) is 3.33. The van der Waals surface area contributed by atoms with Gasteiger partial charge in [0.2, 0.25) is 0 Å². The minimum atomic E-state index is -3.55. The lowest BCUT2D eigenvalue weighted by Crippen LogP contribution is -2.41. The second kappa shape index (κ2) is 6.75. The maximum absolute atomic E-state index is 13.9. The summed E-state index contributed by atoms with van der Waals surface area (Å²) in [7, 11) is -3.55. The van der Waals surface area contributed by atoms with E-state index in [-0.39, 0.29) is 16.5 Å². The van der Waals surface area contributed by atoms with Gasteiger partial charge in [-0.15, -0.1) is 0 Å². The molecule has 1 aromatic rings. The van der Waals surface area contributed by atoms with E-state index in [4.69, 9.17) is 4.74 Å². The van der Waals surface area contributed by atoms with Gasteiger partial charge in [0.25, 0.3) is 5.91 Å². The SMILES string of the molecule is CC(C)S(=O)(=O)c1ccc(F)c(C(=O)N[C@@H]2CCCOC2)c1. The second-order valence-corrected chi connectivity index (χ2v) is 8.13. The third-order valence-electron chi connectivity index (χ3n) is 3.63. The van der Waals surface area contributed by atoms with Crippen molar-refractivity contribution in [3.63, 3.8) is 0 Å². The normalized spacial score (nSPS) is 19.2. The highest BCUT2D eigenvalue weighted by Gasteiger charge is 2.24. The molecule has 1 aromatic carbocycles. The van der Waals surface area contributed by atoms with Crippen molar-refractivity contribution >= 4 is 15.7 Å². The first-order valence-corrected chi connectivity index (χ1v) is 8.79. The molecule has 1 amide bonds. The van der Waals surface area contributed by atoms with Crippen molar-refractivity contribution in [3.8, 4) is 0 Å². The van der Waals surface area contributed by atoms with Crippen LogP contribution in [0.25, 0.3) is 0 Å². The largest absolute Gasteiger partial charge is 0.379 e. The predicted molar refractivity (Wildman–Crippen MR) is 80.0 cm³/mol. The van der Waals surface area contributed by atoms with Gasteiger partial charge < -0.3 is 10.1 Å². The van der Waals surface area contributed by atoms with Gasteiger partial charge in [-0.25, -0.2) is 12.8 Å². The third kappa shape index (κ3) is 3.64. The summed E-state index contributed by atoms with van der Waals surface area (Å²) in [6, 6.07) is 3.13. The molecule has 1 aliphatic rings. The summed E-state index contributed by atoms with van der Waals surface area (Å²) in [5.74, 6) is -1.36. The maximum atomic E-state index is 13.9. The van der Waals surface area contributed by atoms with Crippen LogP contribution in [0.1, 0.15) is 37.0 Å². The number of amides is 1. The Hall–Kier alpha value is -1.47. The van der Waals surface area contributed by atoms with Crippen LogP contribution >= 0.6 is 0 Å². The van der Waals surface area contributed by atoms with Gasteiger partial charge in [-0.1, -0.05) is 0 Å². The first-order chi connectivity index (χ1) is 10.3. The molecule has 1 atom stereocenters. The van der Waals surface area contributed by atoms with Crippen LogP contribution in [0.15, 0.2) is 23.1 Å². The molecule has 0 radical (unpaired) electrons. The average Bonchev–Trinajstić information content (AvgIpc) is 2.48. The molecule has 0 bridgehead atoms. The number of hydrogen-bond donors (Lipinski definition) is 1. The quantitative estimate of drug-likeness (QED) is 0.857. The molecule has 0 aromatic heterocycles. The van der Waals surface area contributed by atoms with E-state index in [1.54, 1.807) is 0 Å². The standard InChI is InChI=1S/C15H20FNO4S/c1-10(2)22(19,20)12-5-6-14(16)13(8-12)15(18)17-11-4-3-7-21-9-11/h5-6,8,10-11H,3-4,7,9H2,1-2H3,(H,17,18)/t11-/m1/s1. The zero-order valence-corrected chi connectivity index (χ0v) is 13.5. The van der Waals surface area contributed by atoms with Crippen LogP contribution in [0.4, 0.5) is 4.39 Å². The minimum Gasteiger partial charge on any atom is -0.379 e. The van der Waals surface area contributed by atoms with Crippen LogP contribution < -0.4 is 5.32 Å². The minimum absolute atomic E-state index is 0.0473. The summed E-state index contributed by atoms with van der Waals surface area (Å²) in [6.07, 6.45) is 1.59. The molecule has 0 aliphatic carbocycles. The number of nitrogens with one attached hydrogen (secondary N) is 1. The summed E-state index contributed by atoms with van der Waals surface area (Å²) in [6.45, 7) is 4.12. The second-order valence-electron chi connectivity index (χ2n) is 5.62. The van der Waals surface area contributed by atoms with E-state index in [1.807, 2.05) is 0 Å². The average molecular weight is 329 g/mol. The number of rotatable bonds is 4. The van der Waals surface area contributed by atoms with Crippen molar-refractivity contribution in [1.29, 1.82) is 0 Å². The fourth-order valence-electron chi connectivity index (χ4n) is 2.25. The van der Waals surface area contributed by atoms with E-state index in [0.29, 0.717) is 13.2 Å². The predicted octanol–water partition coefficient (Wildman–Crippen LogP) is 1.92. The van der Waals surface area contributed by atoms with Crippen LogP contribution in [0, 0.1) is 5.82 Å². The molecule has 1 fully saturated rings. The molecule has 0 spiro atoms. The van der Waals surface area contributed by atoms with E-state index in [9.17, 15) is 17.6 Å². The molecule has 22 heavy (non-hydrogen) atoms. The zero-order valence-electron chi connectivity index (χ0n) is 12.6. The van der Waals surface area contributed by atoms with Gasteiger partial charge in [-0.2, -0.15) is 0 Å². The molecule has 0 unspecified atom stereocenters. The molecule has 7 heteroatoms. The Balaban J connectivity index is 2.24.